The van der Waals surface area contributed by atoms with Crippen molar-refractivity contribution in [2.75, 3.05) is 11.9 Å². The Bertz CT molecular complexity index is 838. The Labute approximate surface area is 156 Å². The van der Waals surface area contributed by atoms with E-state index in [1.54, 1.807) is 12.1 Å². The van der Waals surface area contributed by atoms with Gasteiger partial charge in [0, 0.05) is 12.2 Å². The molecule has 0 aliphatic carbocycles. The van der Waals surface area contributed by atoms with Crippen LogP contribution in [0.5, 0.6) is 5.75 Å². The summed E-state index contributed by atoms with van der Waals surface area (Å²) in [5.41, 5.74) is 0.982. The van der Waals surface area contributed by atoms with Crippen molar-refractivity contribution in [2.24, 2.45) is 0 Å². The topological polar surface area (TPSA) is 89.9 Å². The van der Waals surface area contributed by atoms with Gasteiger partial charge in [-0.3, -0.25) is 9.69 Å². The smallest absolute Gasteiger partial charge is 0.339 e. The lowest BCUT2D eigenvalue weighted by Gasteiger charge is -2.34. The Kier molecular flexibility index (Phi) is 5.71. The molecule has 27 heavy (non-hydrogen) atoms. The molecule has 1 heterocycles. The standard InChI is InChI=1S/C20H21FN2O4/c21-14-6-4-13(5-7-14)12-23-10-2-1-3-17(23)19(25)22-15-8-9-18(24)16(11-15)20(26)27/h4-9,11,17,24H,1-3,10,12H2,(H,22,25)(H,26,27). The van der Waals surface area contributed by atoms with Gasteiger partial charge in [0.05, 0.1) is 6.04 Å². The van der Waals surface area contributed by atoms with Crippen molar-refractivity contribution in [1.29, 1.82) is 0 Å². The van der Waals surface area contributed by atoms with E-state index < -0.39 is 5.97 Å². The number of nitrogens with one attached hydrogen (secondary N) is 1. The number of benzene rings is 2. The molecule has 0 saturated carbocycles. The number of carboxylic acid groups (broad SMARTS) is 1. The highest BCUT2D eigenvalue weighted by atomic mass is 19.1. The molecule has 0 bridgehead atoms. The Morgan fingerprint density at radius 1 is 1.15 bits per heavy atom. The molecule has 1 aliphatic rings. The molecule has 1 atom stereocenters. The first-order valence-corrected chi connectivity index (χ1v) is 8.79. The first-order chi connectivity index (χ1) is 12.9. The number of phenols is 1. The van der Waals surface area contributed by atoms with Crippen LogP contribution < -0.4 is 5.32 Å². The molecule has 1 aliphatic heterocycles. The Hall–Kier alpha value is -2.93. The second-order valence-corrected chi connectivity index (χ2v) is 6.63. The van der Waals surface area contributed by atoms with Crippen molar-refractivity contribution in [3.8, 4) is 5.75 Å². The zero-order valence-electron chi connectivity index (χ0n) is 14.7. The van der Waals surface area contributed by atoms with E-state index in [4.69, 9.17) is 5.11 Å². The zero-order chi connectivity index (χ0) is 19.4. The van der Waals surface area contributed by atoms with Crippen molar-refractivity contribution in [3.05, 3.63) is 59.4 Å². The van der Waals surface area contributed by atoms with Crippen LogP contribution in [0.4, 0.5) is 10.1 Å². The summed E-state index contributed by atoms with van der Waals surface area (Å²) in [4.78, 5) is 25.9. The molecule has 7 heteroatoms. The number of halogens is 1. The maximum atomic E-state index is 13.1. The molecule has 3 rings (SSSR count). The van der Waals surface area contributed by atoms with Crippen molar-refractivity contribution < 1.29 is 24.2 Å². The van der Waals surface area contributed by atoms with Crippen LogP contribution in [-0.2, 0) is 11.3 Å². The molecule has 1 unspecified atom stereocenters. The summed E-state index contributed by atoms with van der Waals surface area (Å²) in [5, 5.41) is 21.4. The number of hydrogen-bond donors (Lipinski definition) is 3. The summed E-state index contributed by atoms with van der Waals surface area (Å²) in [6.45, 7) is 1.29. The number of likely N-dealkylation sites (tertiary alicyclic amines) is 1. The fourth-order valence-electron chi connectivity index (χ4n) is 3.31. The number of aromatic carboxylic acids is 1. The average Bonchev–Trinajstić information content (AvgIpc) is 2.65. The minimum Gasteiger partial charge on any atom is -0.507 e. The summed E-state index contributed by atoms with van der Waals surface area (Å²) in [6, 6.07) is 9.81. The van der Waals surface area contributed by atoms with Gasteiger partial charge in [-0.25, -0.2) is 9.18 Å². The number of nitrogens with zero attached hydrogens (tertiary/aromatic N) is 1. The highest BCUT2D eigenvalue weighted by Gasteiger charge is 2.29. The molecule has 1 fully saturated rings. The van der Waals surface area contributed by atoms with Gasteiger partial charge in [0.2, 0.25) is 5.91 Å². The van der Waals surface area contributed by atoms with Crippen molar-refractivity contribution in [2.45, 2.75) is 31.8 Å². The zero-order valence-corrected chi connectivity index (χ0v) is 14.7. The van der Waals surface area contributed by atoms with Crippen molar-refractivity contribution in [1.82, 2.24) is 4.90 Å². The molecule has 6 nitrogen and oxygen atoms in total. The van der Waals surface area contributed by atoms with Gasteiger partial charge in [0.25, 0.3) is 0 Å². The molecule has 3 N–H and O–H groups in total. The third-order valence-corrected chi connectivity index (χ3v) is 4.71. The molecule has 142 valence electrons. The number of carbonyl (C=O) groups excluding carboxylic acids is 1. The minimum absolute atomic E-state index is 0.223. The van der Waals surface area contributed by atoms with Crippen LogP contribution in [0.1, 0.15) is 35.2 Å². The maximum Gasteiger partial charge on any atom is 0.339 e. The predicted octanol–water partition coefficient (Wildman–Crippen LogP) is 3.22. The van der Waals surface area contributed by atoms with Gasteiger partial charge in [-0.1, -0.05) is 18.6 Å². The molecule has 2 aromatic carbocycles. The fourth-order valence-corrected chi connectivity index (χ4v) is 3.31. The second-order valence-electron chi connectivity index (χ2n) is 6.63. The Balaban J connectivity index is 1.72. The van der Waals surface area contributed by atoms with Gasteiger partial charge in [-0.2, -0.15) is 0 Å². The average molecular weight is 372 g/mol. The van der Waals surface area contributed by atoms with Crippen molar-refractivity contribution >= 4 is 17.6 Å². The number of carbonyl (C=O) groups is 2. The molecular formula is C20H21FN2O4. The SMILES string of the molecule is O=C(O)c1cc(NC(=O)C2CCCCN2Cc2ccc(F)cc2)ccc1O. The van der Waals surface area contributed by atoms with Crippen LogP contribution in [-0.4, -0.2) is 39.6 Å². The van der Waals surface area contributed by atoms with Crippen LogP contribution >= 0.6 is 0 Å². The lowest BCUT2D eigenvalue weighted by Crippen LogP contribution is -2.46. The number of rotatable bonds is 5. The van der Waals surface area contributed by atoms with Gasteiger partial charge in [-0.05, 0) is 55.3 Å². The number of aromatic hydroxyl groups is 1. The Morgan fingerprint density at radius 2 is 1.89 bits per heavy atom. The Morgan fingerprint density at radius 3 is 2.59 bits per heavy atom. The van der Waals surface area contributed by atoms with E-state index in [-0.39, 0.29) is 29.1 Å². The summed E-state index contributed by atoms with van der Waals surface area (Å²) in [6.07, 6.45) is 2.60. The van der Waals surface area contributed by atoms with Crippen LogP contribution in [0.3, 0.4) is 0 Å². The quantitative estimate of drug-likeness (QED) is 0.701. The largest absolute Gasteiger partial charge is 0.507 e. The van der Waals surface area contributed by atoms with Gasteiger partial charge in [-0.15, -0.1) is 0 Å². The molecular weight excluding hydrogens is 351 g/mol. The van der Waals surface area contributed by atoms with Gasteiger partial charge < -0.3 is 15.5 Å². The normalized spacial score (nSPS) is 17.4. The van der Waals surface area contributed by atoms with E-state index >= 15 is 0 Å². The first-order valence-electron chi connectivity index (χ1n) is 8.79. The fraction of sp³-hybridized carbons (Fsp3) is 0.300. The van der Waals surface area contributed by atoms with Crippen LogP contribution in [0, 0.1) is 5.82 Å². The monoisotopic (exact) mass is 372 g/mol. The lowest BCUT2D eigenvalue weighted by atomic mass is 10.00. The number of piperidine rings is 1. The number of carboxylic acids is 1. The second kappa shape index (κ2) is 8.18. The van der Waals surface area contributed by atoms with Crippen LogP contribution in [0.25, 0.3) is 0 Å². The van der Waals surface area contributed by atoms with Gasteiger partial charge in [0.1, 0.15) is 17.1 Å². The van der Waals surface area contributed by atoms with E-state index in [2.05, 4.69) is 5.32 Å². The van der Waals surface area contributed by atoms with Gasteiger partial charge in [0.15, 0.2) is 0 Å². The van der Waals surface area contributed by atoms with Crippen LogP contribution in [0.15, 0.2) is 42.5 Å². The lowest BCUT2D eigenvalue weighted by molar-refractivity contribution is -0.122. The highest BCUT2D eigenvalue weighted by molar-refractivity contribution is 5.97. The van der Waals surface area contributed by atoms with Gasteiger partial charge >= 0.3 is 5.97 Å². The minimum atomic E-state index is -1.26. The maximum absolute atomic E-state index is 13.1. The van der Waals surface area contributed by atoms with E-state index in [0.29, 0.717) is 18.7 Å². The van der Waals surface area contributed by atoms with E-state index in [1.165, 1.54) is 30.3 Å². The number of anilines is 1. The number of hydrogen-bond acceptors (Lipinski definition) is 4. The molecule has 0 radical (unpaired) electrons. The summed E-state index contributed by atoms with van der Waals surface area (Å²) in [5.74, 6) is -2.14. The molecule has 1 amide bonds. The third kappa shape index (κ3) is 4.62. The summed E-state index contributed by atoms with van der Waals surface area (Å²) >= 11 is 0. The van der Waals surface area contributed by atoms with Crippen LogP contribution in [0.2, 0.25) is 0 Å². The highest BCUT2D eigenvalue weighted by Crippen LogP contribution is 2.24. The number of amides is 1. The first kappa shape index (κ1) is 18.8. The molecule has 2 aromatic rings. The summed E-state index contributed by atoms with van der Waals surface area (Å²) < 4.78 is 13.1. The predicted molar refractivity (Wildman–Crippen MR) is 98.1 cm³/mol. The molecule has 0 aromatic heterocycles. The molecule has 0 spiro atoms. The van der Waals surface area contributed by atoms with E-state index in [0.717, 1.165) is 24.9 Å². The van der Waals surface area contributed by atoms with E-state index in [1.807, 2.05) is 4.90 Å². The van der Waals surface area contributed by atoms with Crippen molar-refractivity contribution in [3.63, 3.8) is 0 Å². The summed E-state index contributed by atoms with van der Waals surface area (Å²) in [7, 11) is 0. The molecule has 1 saturated heterocycles. The third-order valence-electron chi connectivity index (χ3n) is 4.71. The van der Waals surface area contributed by atoms with E-state index in [9.17, 15) is 19.1 Å².